The zero-order valence-corrected chi connectivity index (χ0v) is 13.0. The lowest BCUT2D eigenvalue weighted by atomic mass is 10.2. The molecule has 23 heavy (non-hydrogen) atoms. The van der Waals surface area contributed by atoms with Crippen LogP contribution in [0.2, 0.25) is 0 Å². The Labute approximate surface area is 134 Å². The summed E-state index contributed by atoms with van der Waals surface area (Å²) in [7, 11) is 1.57. The molecule has 0 aliphatic rings. The number of hydrogen-bond acceptors (Lipinski definition) is 5. The lowest BCUT2D eigenvalue weighted by Gasteiger charge is -2.20. The molecule has 0 aliphatic carbocycles. The Hall–Kier alpha value is -2.54. The average molecular weight is 320 g/mol. The van der Waals surface area contributed by atoms with Crippen LogP contribution in [0.25, 0.3) is 0 Å². The highest BCUT2D eigenvalue weighted by atomic mass is 16.5. The van der Waals surface area contributed by atoms with E-state index in [1.54, 1.807) is 36.5 Å². The van der Waals surface area contributed by atoms with Gasteiger partial charge in [-0.15, -0.1) is 0 Å². The third-order valence-corrected chi connectivity index (χ3v) is 3.22. The number of amides is 2. The van der Waals surface area contributed by atoms with Gasteiger partial charge in [0.05, 0.1) is 31.2 Å². The first kappa shape index (κ1) is 16.8. The quantitative estimate of drug-likeness (QED) is 0.710. The zero-order valence-electron chi connectivity index (χ0n) is 13.0. The molecule has 0 radical (unpaired) electrons. The van der Waals surface area contributed by atoms with Gasteiger partial charge in [-0.2, -0.15) is 0 Å². The lowest BCUT2D eigenvalue weighted by Crippen LogP contribution is -2.35. The van der Waals surface area contributed by atoms with Crippen molar-refractivity contribution < 1.29 is 23.2 Å². The molecule has 0 aliphatic heterocycles. The largest absolute Gasteiger partial charge is 0.472 e. The maximum Gasteiger partial charge on any atom is 0.257 e. The summed E-state index contributed by atoms with van der Waals surface area (Å²) in [6.07, 6.45) is 4.58. The van der Waals surface area contributed by atoms with Gasteiger partial charge in [0.2, 0.25) is 5.91 Å². The minimum absolute atomic E-state index is 0.133. The van der Waals surface area contributed by atoms with Gasteiger partial charge in [0, 0.05) is 26.6 Å². The molecule has 2 aromatic heterocycles. The number of carbonyl (C=O) groups is 2. The van der Waals surface area contributed by atoms with Gasteiger partial charge in [-0.3, -0.25) is 9.59 Å². The van der Waals surface area contributed by atoms with Crippen LogP contribution < -0.4 is 5.32 Å². The molecule has 2 aromatic rings. The normalized spacial score (nSPS) is 10.5. The highest BCUT2D eigenvalue weighted by Crippen LogP contribution is 2.11. The number of nitrogens with one attached hydrogen (secondary N) is 1. The molecule has 0 unspecified atom stereocenters. The number of hydrogen-bond donors (Lipinski definition) is 1. The molecule has 7 nitrogen and oxygen atoms in total. The summed E-state index contributed by atoms with van der Waals surface area (Å²) in [4.78, 5) is 25.8. The molecule has 0 spiro atoms. The van der Waals surface area contributed by atoms with Crippen molar-refractivity contribution in [2.45, 2.75) is 13.0 Å². The maximum absolute atomic E-state index is 12.5. The standard InChI is InChI=1S/C16H20N2O5/c1-21-10-6-17-15(19)4-7-18(11-14-3-2-8-23-14)16(20)13-5-9-22-12-13/h2-3,5,8-9,12H,4,6-7,10-11H2,1H3,(H,17,19). The highest BCUT2D eigenvalue weighted by Gasteiger charge is 2.19. The highest BCUT2D eigenvalue weighted by molar-refractivity contribution is 5.94. The third-order valence-electron chi connectivity index (χ3n) is 3.22. The second kappa shape index (κ2) is 8.79. The fraction of sp³-hybridized carbons (Fsp3) is 0.375. The Kier molecular flexibility index (Phi) is 6.43. The van der Waals surface area contributed by atoms with Gasteiger partial charge in [0.25, 0.3) is 5.91 Å². The third kappa shape index (κ3) is 5.30. The number of methoxy groups -OCH3 is 1. The van der Waals surface area contributed by atoms with Crippen LogP contribution in [-0.2, 0) is 16.1 Å². The topological polar surface area (TPSA) is 84.9 Å². The van der Waals surface area contributed by atoms with Crippen LogP contribution >= 0.6 is 0 Å². The average Bonchev–Trinajstić information content (AvgIpc) is 3.24. The summed E-state index contributed by atoms with van der Waals surface area (Å²) >= 11 is 0. The first-order valence-electron chi connectivity index (χ1n) is 7.30. The van der Waals surface area contributed by atoms with Gasteiger partial charge < -0.3 is 23.8 Å². The van der Waals surface area contributed by atoms with E-state index in [1.165, 1.54) is 12.5 Å². The van der Waals surface area contributed by atoms with E-state index in [-0.39, 0.29) is 24.8 Å². The van der Waals surface area contributed by atoms with Gasteiger partial charge in [0.15, 0.2) is 0 Å². The summed E-state index contributed by atoms with van der Waals surface area (Å²) in [5, 5.41) is 2.73. The summed E-state index contributed by atoms with van der Waals surface area (Å²) in [5.41, 5.74) is 0.441. The van der Waals surface area contributed by atoms with Gasteiger partial charge in [-0.25, -0.2) is 0 Å². The molecule has 0 saturated heterocycles. The monoisotopic (exact) mass is 320 g/mol. The first-order chi connectivity index (χ1) is 11.2. The summed E-state index contributed by atoms with van der Waals surface area (Å²) in [6, 6.07) is 5.14. The lowest BCUT2D eigenvalue weighted by molar-refractivity contribution is -0.121. The molecule has 2 heterocycles. The number of ether oxygens (including phenoxy) is 1. The molecule has 0 fully saturated rings. The predicted molar refractivity (Wildman–Crippen MR) is 81.7 cm³/mol. The van der Waals surface area contributed by atoms with Gasteiger partial charge in [-0.05, 0) is 18.2 Å². The van der Waals surface area contributed by atoms with Crippen molar-refractivity contribution in [3.05, 3.63) is 48.3 Å². The van der Waals surface area contributed by atoms with Gasteiger partial charge in [0.1, 0.15) is 12.0 Å². The van der Waals surface area contributed by atoms with E-state index in [1.807, 2.05) is 0 Å². The Bertz CT molecular complexity index is 592. The zero-order chi connectivity index (χ0) is 16.5. The number of carbonyl (C=O) groups excluding carboxylic acids is 2. The second-order valence-corrected chi connectivity index (χ2v) is 4.91. The Balaban J connectivity index is 1.93. The predicted octanol–water partition coefficient (Wildman–Crippen LogP) is 1.67. The van der Waals surface area contributed by atoms with Crippen molar-refractivity contribution in [1.82, 2.24) is 10.2 Å². The van der Waals surface area contributed by atoms with E-state index in [0.717, 1.165) is 0 Å². The van der Waals surface area contributed by atoms with Crippen LogP contribution in [0.3, 0.4) is 0 Å². The first-order valence-corrected chi connectivity index (χ1v) is 7.30. The fourth-order valence-electron chi connectivity index (χ4n) is 2.03. The summed E-state index contributed by atoms with van der Waals surface area (Å²) in [6.45, 7) is 1.48. The molecule has 0 saturated carbocycles. The van der Waals surface area contributed by atoms with E-state index in [2.05, 4.69) is 5.32 Å². The van der Waals surface area contributed by atoms with Crippen LogP contribution in [0.5, 0.6) is 0 Å². The Morgan fingerprint density at radius 3 is 2.83 bits per heavy atom. The molecule has 0 aromatic carbocycles. The fourth-order valence-corrected chi connectivity index (χ4v) is 2.03. The molecule has 2 amide bonds. The Morgan fingerprint density at radius 1 is 1.30 bits per heavy atom. The molecule has 1 N–H and O–H groups in total. The smallest absolute Gasteiger partial charge is 0.257 e. The van der Waals surface area contributed by atoms with E-state index < -0.39 is 0 Å². The minimum atomic E-state index is -0.208. The molecular formula is C16H20N2O5. The number of furan rings is 2. The molecular weight excluding hydrogens is 300 g/mol. The van der Waals surface area contributed by atoms with Crippen molar-refractivity contribution in [2.75, 3.05) is 26.8 Å². The van der Waals surface area contributed by atoms with E-state index >= 15 is 0 Å². The SMILES string of the molecule is COCCNC(=O)CCN(Cc1ccco1)C(=O)c1ccoc1. The Morgan fingerprint density at radius 2 is 2.17 bits per heavy atom. The molecule has 0 atom stereocenters. The number of rotatable bonds is 9. The van der Waals surface area contributed by atoms with Crippen molar-refractivity contribution in [1.29, 1.82) is 0 Å². The van der Waals surface area contributed by atoms with Crippen molar-refractivity contribution in [2.24, 2.45) is 0 Å². The van der Waals surface area contributed by atoms with Crippen LogP contribution in [0.15, 0.2) is 45.8 Å². The van der Waals surface area contributed by atoms with Crippen molar-refractivity contribution in [3.63, 3.8) is 0 Å². The van der Waals surface area contributed by atoms with Crippen LogP contribution in [0, 0.1) is 0 Å². The van der Waals surface area contributed by atoms with Crippen molar-refractivity contribution >= 4 is 11.8 Å². The second-order valence-electron chi connectivity index (χ2n) is 4.91. The van der Waals surface area contributed by atoms with E-state index in [4.69, 9.17) is 13.6 Å². The molecule has 0 bridgehead atoms. The van der Waals surface area contributed by atoms with Crippen molar-refractivity contribution in [3.8, 4) is 0 Å². The molecule has 2 rings (SSSR count). The van der Waals surface area contributed by atoms with Crippen LogP contribution in [0.4, 0.5) is 0 Å². The van der Waals surface area contributed by atoms with E-state index in [9.17, 15) is 9.59 Å². The minimum Gasteiger partial charge on any atom is -0.472 e. The van der Waals surface area contributed by atoms with Crippen LogP contribution in [-0.4, -0.2) is 43.5 Å². The molecule has 124 valence electrons. The van der Waals surface area contributed by atoms with E-state index in [0.29, 0.717) is 31.0 Å². The molecule has 7 heteroatoms. The summed E-state index contributed by atoms with van der Waals surface area (Å²) in [5.74, 6) is 0.313. The van der Waals surface area contributed by atoms with Gasteiger partial charge >= 0.3 is 0 Å². The maximum atomic E-state index is 12.5. The number of nitrogens with zero attached hydrogens (tertiary/aromatic N) is 1. The summed E-state index contributed by atoms with van der Waals surface area (Å²) < 4.78 is 15.1. The van der Waals surface area contributed by atoms with Crippen LogP contribution in [0.1, 0.15) is 22.5 Å². The van der Waals surface area contributed by atoms with Gasteiger partial charge in [-0.1, -0.05) is 0 Å².